The summed E-state index contributed by atoms with van der Waals surface area (Å²) < 4.78 is 21.3. The van der Waals surface area contributed by atoms with E-state index in [-0.39, 0.29) is 5.82 Å². The molecule has 1 aliphatic rings. The third-order valence-corrected chi connectivity index (χ3v) is 5.03. The lowest BCUT2D eigenvalue weighted by atomic mass is 9.79. The van der Waals surface area contributed by atoms with Gasteiger partial charge in [0.25, 0.3) is 0 Å². The Morgan fingerprint density at radius 1 is 1.07 bits per heavy atom. The summed E-state index contributed by atoms with van der Waals surface area (Å²) in [5.41, 5.74) is 7.34. The number of benzene rings is 1. The van der Waals surface area contributed by atoms with E-state index in [1.165, 1.54) is 18.8 Å². The number of nitrogens with zero attached hydrogens (tertiary/aromatic N) is 4. The number of nitrogens with two attached hydrogens (primary N) is 1. The monoisotopic (exact) mass is 379 g/mol. The molecule has 7 heteroatoms. The number of anilines is 1. The van der Waals surface area contributed by atoms with Crippen LogP contribution in [0.4, 0.5) is 10.2 Å². The van der Waals surface area contributed by atoms with E-state index in [1.54, 1.807) is 24.5 Å². The van der Waals surface area contributed by atoms with Gasteiger partial charge >= 0.3 is 0 Å². The van der Waals surface area contributed by atoms with E-state index in [2.05, 4.69) is 19.9 Å². The van der Waals surface area contributed by atoms with Gasteiger partial charge in [-0.2, -0.15) is 0 Å². The van der Waals surface area contributed by atoms with Crippen LogP contribution in [-0.4, -0.2) is 26.5 Å². The van der Waals surface area contributed by atoms with Crippen molar-refractivity contribution >= 4 is 5.82 Å². The second kappa shape index (κ2) is 8.29. The number of hydrogen-bond donors (Lipinski definition) is 1. The fraction of sp³-hybridized carbons (Fsp3) is 0.333. The Hall–Kier alpha value is -3.09. The van der Waals surface area contributed by atoms with Crippen LogP contribution in [0.25, 0.3) is 11.3 Å². The van der Waals surface area contributed by atoms with Crippen LogP contribution in [0, 0.1) is 5.82 Å². The van der Waals surface area contributed by atoms with E-state index in [0.717, 1.165) is 24.2 Å². The molecular weight excluding hydrogens is 357 g/mol. The van der Waals surface area contributed by atoms with Crippen LogP contribution in [0.2, 0.25) is 0 Å². The fourth-order valence-corrected chi connectivity index (χ4v) is 3.30. The fourth-order valence-electron chi connectivity index (χ4n) is 3.30. The summed E-state index contributed by atoms with van der Waals surface area (Å²) in [6, 6.07) is 5.50. The summed E-state index contributed by atoms with van der Waals surface area (Å²) in [5.74, 6) is 1.36. The van der Waals surface area contributed by atoms with Gasteiger partial charge in [-0.05, 0) is 37.3 Å². The molecule has 2 heterocycles. The summed E-state index contributed by atoms with van der Waals surface area (Å²) in [7, 11) is 0. The summed E-state index contributed by atoms with van der Waals surface area (Å²) in [6.45, 7) is 0.395. The van der Waals surface area contributed by atoms with Crippen molar-refractivity contribution in [2.75, 3.05) is 12.3 Å². The number of halogens is 1. The van der Waals surface area contributed by atoms with Gasteiger partial charge < -0.3 is 10.5 Å². The Labute approximate surface area is 163 Å². The predicted octanol–water partition coefficient (Wildman–Crippen LogP) is 3.93. The zero-order chi connectivity index (χ0) is 19.3. The van der Waals surface area contributed by atoms with Crippen LogP contribution < -0.4 is 10.5 Å². The first-order valence-electron chi connectivity index (χ1n) is 9.51. The highest BCUT2D eigenvalue weighted by Gasteiger charge is 2.26. The molecule has 0 atom stereocenters. The molecule has 2 aromatic heterocycles. The highest BCUT2D eigenvalue weighted by atomic mass is 19.1. The smallest absolute Gasteiger partial charge is 0.174 e. The minimum atomic E-state index is -0.389. The molecule has 0 spiro atoms. The zero-order valence-electron chi connectivity index (χ0n) is 15.5. The van der Waals surface area contributed by atoms with Gasteiger partial charge in [-0.15, -0.1) is 0 Å². The van der Waals surface area contributed by atoms with Gasteiger partial charge in [0.15, 0.2) is 11.6 Å². The molecule has 1 aromatic carbocycles. The van der Waals surface area contributed by atoms with Crippen LogP contribution in [-0.2, 0) is 6.42 Å². The second-order valence-corrected chi connectivity index (χ2v) is 6.92. The summed E-state index contributed by atoms with van der Waals surface area (Å²) in [4.78, 5) is 16.6. The molecule has 0 saturated heterocycles. The largest absolute Gasteiger partial charge is 0.490 e. The van der Waals surface area contributed by atoms with Gasteiger partial charge in [0.2, 0.25) is 0 Å². The molecule has 0 bridgehead atoms. The Balaban J connectivity index is 1.54. The standard InChI is InChI=1S/C21H22FN5O/c22-20-16(17-12-27-18(23)13-26-17)8-7-15(14-4-1-5-14)21(20)28-11-2-6-19-24-9-3-10-25-19/h3,7-10,12-14H,1-2,4-6,11H2,(H2,23,27). The van der Waals surface area contributed by atoms with Gasteiger partial charge in [-0.25, -0.2) is 19.3 Å². The van der Waals surface area contributed by atoms with Crippen molar-refractivity contribution in [2.24, 2.45) is 0 Å². The zero-order valence-corrected chi connectivity index (χ0v) is 15.5. The quantitative estimate of drug-likeness (QED) is 0.626. The van der Waals surface area contributed by atoms with E-state index in [1.807, 2.05) is 6.07 Å². The van der Waals surface area contributed by atoms with Crippen molar-refractivity contribution < 1.29 is 9.13 Å². The first-order chi connectivity index (χ1) is 13.7. The number of aryl methyl sites for hydroxylation is 1. The average Bonchev–Trinajstić information content (AvgIpc) is 2.67. The molecule has 0 radical (unpaired) electrons. The summed E-state index contributed by atoms with van der Waals surface area (Å²) in [5, 5.41) is 0. The van der Waals surface area contributed by atoms with Gasteiger partial charge in [0, 0.05) is 29.9 Å². The Kier molecular flexibility index (Phi) is 5.41. The molecule has 0 aliphatic heterocycles. The van der Waals surface area contributed by atoms with Crippen LogP contribution >= 0.6 is 0 Å². The number of rotatable bonds is 7. The number of ether oxygens (including phenoxy) is 1. The highest BCUT2D eigenvalue weighted by molar-refractivity contribution is 5.64. The lowest BCUT2D eigenvalue weighted by Gasteiger charge is -2.28. The molecule has 4 rings (SSSR count). The molecule has 0 unspecified atom stereocenters. The molecule has 144 valence electrons. The number of aromatic nitrogens is 4. The second-order valence-electron chi connectivity index (χ2n) is 6.92. The van der Waals surface area contributed by atoms with Crippen molar-refractivity contribution in [1.82, 2.24) is 19.9 Å². The van der Waals surface area contributed by atoms with Crippen molar-refractivity contribution in [3.8, 4) is 17.0 Å². The highest BCUT2D eigenvalue weighted by Crippen LogP contribution is 2.43. The molecule has 1 saturated carbocycles. The third kappa shape index (κ3) is 3.93. The maximum atomic E-state index is 15.3. The van der Waals surface area contributed by atoms with E-state index in [9.17, 15) is 0 Å². The summed E-state index contributed by atoms with van der Waals surface area (Å²) >= 11 is 0. The molecular formula is C21H22FN5O. The Morgan fingerprint density at radius 3 is 2.57 bits per heavy atom. The van der Waals surface area contributed by atoms with Gasteiger partial charge in [-0.3, -0.25) is 4.98 Å². The predicted molar refractivity (Wildman–Crippen MR) is 104 cm³/mol. The lowest BCUT2D eigenvalue weighted by Crippen LogP contribution is -2.13. The molecule has 6 nitrogen and oxygen atoms in total. The normalized spacial score (nSPS) is 13.9. The van der Waals surface area contributed by atoms with Crippen LogP contribution in [0.1, 0.15) is 43.0 Å². The van der Waals surface area contributed by atoms with Crippen molar-refractivity contribution in [3.63, 3.8) is 0 Å². The molecule has 1 aliphatic carbocycles. The minimum absolute atomic E-state index is 0.301. The maximum absolute atomic E-state index is 15.3. The Bertz CT molecular complexity index is 930. The van der Waals surface area contributed by atoms with Crippen LogP contribution in [0.5, 0.6) is 5.75 Å². The Morgan fingerprint density at radius 2 is 1.89 bits per heavy atom. The maximum Gasteiger partial charge on any atom is 0.174 e. The van der Waals surface area contributed by atoms with Gasteiger partial charge in [0.1, 0.15) is 11.6 Å². The molecule has 1 fully saturated rings. The number of hydrogen-bond acceptors (Lipinski definition) is 6. The van der Waals surface area contributed by atoms with Crippen molar-refractivity contribution in [1.29, 1.82) is 0 Å². The number of nitrogen functional groups attached to an aromatic ring is 1. The van der Waals surface area contributed by atoms with Gasteiger partial charge in [0.05, 0.1) is 24.7 Å². The lowest BCUT2D eigenvalue weighted by molar-refractivity contribution is 0.283. The molecule has 0 amide bonds. The van der Waals surface area contributed by atoms with E-state index < -0.39 is 0 Å². The first-order valence-corrected chi connectivity index (χ1v) is 9.51. The topological polar surface area (TPSA) is 86.8 Å². The van der Waals surface area contributed by atoms with E-state index in [4.69, 9.17) is 10.5 Å². The van der Waals surface area contributed by atoms with E-state index >= 15 is 4.39 Å². The molecule has 2 N–H and O–H groups in total. The van der Waals surface area contributed by atoms with Crippen LogP contribution in [0.15, 0.2) is 43.0 Å². The molecule has 28 heavy (non-hydrogen) atoms. The van der Waals surface area contributed by atoms with Crippen LogP contribution in [0.3, 0.4) is 0 Å². The van der Waals surface area contributed by atoms with Gasteiger partial charge in [-0.1, -0.05) is 12.5 Å². The first kappa shape index (κ1) is 18.3. The summed E-state index contributed by atoms with van der Waals surface area (Å²) in [6.07, 6.45) is 11.0. The van der Waals surface area contributed by atoms with Crippen molar-refractivity contribution in [3.05, 3.63) is 60.2 Å². The average molecular weight is 379 g/mol. The van der Waals surface area contributed by atoms with Crippen molar-refractivity contribution in [2.45, 2.75) is 38.0 Å². The van der Waals surface area contributed by atoms with E-state index in [0.29, 0.717) is 48.2 Å². The molecule has 3 aromatic rings. The minimum Gasteiger partial charge on any atom is -0.490 e. The SMILES string of the molecule is Nc1cnc(-c2ccc(C3CCC3)c(OCCCc3ncccn3)c2F)cn1. The third-order valence-electron chi connectivity index (χ3n) is 5.03.